The van der Waals surface area contributed by atoms with Crippen molar-refractivity contribution in [3.8, 4) is 5.75 Å². The van der Waals surface area contributed by atoms with E-state index in [-0.39, 0.29) is 5.82 Å². The molecule has 0 saturated heterocycles. The van der Waals surface area contributed by atoms with E-state index in [1.165, 1.54) is 6.07 Å². The molecule has 2 aromatic carbocycles. The quantitative estimate of drug-likeness (QED) is 0.617. The first kappa shape index (κ1) is 17.3. The van der Waals surface area contributed by atoms with Gasteiger partial charge in [0.15, 0.2) is 5.96 Å². The maximum atomic E-state index is 13.8. The molecule has 4 nitrogen and oxygen atoms in total. The number of guanidine groups is 1. The van der Waals surface area contributed by atoms with E-state index in [0.29, 0.717) is 24.6 Å². The highest BCUT2D eigenvalue weighted by Gasteiger charge is 2.04. The van der Waals surface area contributed by atoms with Crippen molar-refractivity contribution in [3.05, 3.63) is 63.9 Å². The van der Waals surface area contributed by atoms with Crippen molar-refractivity contribution in [2.75, 3.05) is 14.2 Å². The van der Waals surface area contributed by atoms with Crippen molar-refractivity contribution >= 4 is 21.9 Å². The summed E-state index contributed by atoms with van der Waals surface area (Å²) in [4.78, 5) is 4.14. The number of aliphatic imine (C=N–C) groups is 1. The lowest BCUT2D eigenvalue weighted by molar-refractivity contribution is 0.414. The fraction of sp³-hybridized carbons (Fsp3) is 0.235. The number of methoxy groups -OCH3 is 1. The molecule has 2 N–H and O–H groups in total. The Bertz CT molecular complexity index is 691. The van der Waals surface area contributed by atoms with Crippen LogP contribution in [0.25, 0.3) is 0 Å². The third kappa shape index (κ3) is 5.25. The van der Waals surface area contributed by atoms with Crippen LogP contribution in [0.15, 0.2) is 51.9 Å². The van der Waals surface area contributed by atoms with Gasteiger partial charge in [0.1, 0.15) is 11.6 Å². The van der Waals surface area contributed by atoms with Gasteiger partial charge in [0.05, 0.1) is 7.11 Å². The fourth-order valence-electron chi connectivity index (χ4n) is 2.03. The van der Waals surface area contributed by atoms with Crippen molar-refractivity contribution < 1.29 is 9.13 Å². The molecule has 0 fully saturated rings. The van der Waals surface area contributed by atoms with Gasteiger partial charge in [0.2, 0.25) is 0 Å². The van der Waals surface area contributed by atoms with E-state index in [4.69, 9.17) is 4.74 Å². The maximum Gasteiger partial charge on any atom is 0.191 e. The Hall–Kier alpha value is -2.08. The van der Waals surface area contributed by atoms with Crippen molar-refractivity contribution in [2.45, 2.75) is 13.1 Å². The van der Waals surface area contributed by atoms with Gasteiger partial charge in [-0.05, 0) is 29.8 Å². The first-order valence-corrected chi connectivity index (χ1v) is 7.93. The molecule has 0 amide bonds. The van der Waals surface area contributed by atoms with Crippen LogP contribution < -0.4 is 15.4 Å². The van der Waals surface area contributed by atoms with E-state index >= 15 is 0 Å². The monoisotopic (exact) mass is 379 g/mol. The Balaban J connectivity index is 1.90. The van der Waals surface area contributed by atoms with Gasteiger partial charge in [-0.1, -0.05) is 34.1 Å². The van der Waals surface area contributed by atoms with E-state index in [1.807, 2.05) is 30.3 Å². The summed E-state index contributed by atoms with van der Waals surface area (Å²) < 4.78 is 19.7. The second kappa shape index (κ2) is 8.53. The third-order valence-electron chi connectivity index (χ3n) is 3.28. The summed E-state index contributed by atoms with van der Waals surface area (Å²) in [5.74, 6) is 1.16. The summed E-state index contributed by atoms with van der Waals surface area (Å²) >= 11 is 3.25. The van der Waals surface area contributed by atoms with Crippen LogP contribution in [-0.2, 0) is 13.1 Å². The Morgan fingerprint density at radius 3 is 2.65 bits per heavy atom. The molecule has 2 rings (SSSR count). The molecule has 0 unspecified atom stereocenters. The molecule has 0 atom stereocenters. The second-order valence-corrected chi connectivity index (χ2v) is 5.78. The second-order valence-electron chi connectivity index (χ2n) is 4.87. The van der Waals surface area contributed by atoms with Gasteiger partial charge in [-0.25, -0.2) is 4.39 Å². The van der Waals surface area contributed by atoms with Gasteiger partial charge < -0.3 is 15.4 Å². The molecular weight excluding hydrogens is 361 g/mol. The highest BCUT2D eigenvalue weighted by Crippen LogP contribution is 2.15. The molecule has 23 heavy (non-hydrogen) atoms. The summed E-state index contributed by atoms with van der Waals surface area (Å²) in [6.07, 6.45) is 0. The van der Waals surface area contributed by atoms with Crippen LogP contribution in [0.3, 0.4) is 0 Å². The van der Waals surface area contributed by atoms with Crippen molar-refractivity contribution in [1.29, 1.82) is 0 Å². The van der Waals surface area contributed by atoms with Crippen molar-refractivity contribution in [1.82, 2.24) is 10.6 Å². The third-order valence-corrected chi connectivity index (χ3v) is 3.77. The number of hydrogen-bond donors (Lipinski definition) is 2. The van der Waals surface area contributed by atoms with Crippen LogP contribution in [-0.4, -0.2) is 20.1 Å². The zero-order valence-electron chi connectivity index (χ0n) is 13.1. The molecule has 0 radical (unpaired) electrons. The zero-order chi connectivity index (χ0) is 16.7. The predicted octanol–water partition coefficient (Wildman–Crippen LogP) is 3.46. The SMILES string of the molecule is CN=C(NCc1cccc(OC)c1)NCc1ccc(Br)cc1F. The molecule has 0 aliphatic rings. The summed E-state index contributed by atoms with van der Waals surface area (Å²) in [5.41, 5.74) is 1.65. The van der Waals surface area contributed by atoms with E-state index in [1.54, 1.807) is 20.2 Å². The molecule has 0 aliphatic carbocycles. The van der Waals surface area contributed by atoms with Gasteiger partial charge in [0, 0.05) is 30.2 Å². The molecule has 2 aromatic rings. The molecular formula is C17H19BrFN3O. The van der Waals surface area contributed by atoms with Gasteiger partial charge in [-0.15, -0.1) is 0 Å². The summed E-state index contributed by atoms with van der Waals surface area (Å²) in [5, 5.41) is 6.29. The van der Waals surface area contributed by atoms with Crippen molar-refractivity contribution in [2.24, 2.45) is 4.99 Å². The first-order valence-electron chi connectivity index (χ1n) is 7.13. The minimum atomic E-state index is -0.255. The molecule has 0 aromatic heterocycles. The van der Waals surface area contributed by atoms with Crippen LogP contribution in [0.2, 0.25) is 0 Å². The zero-order valence-corrected chi connectivity index (χ0v) is 14.7. The van der Waals surface area contributed by atoms with E-state index in [9.17, 15) is 4.39 Å². The minimum absolute atomic E-state index is 0.255. The summed E-state index contributed by atoms with van der Waals surface area (Å²) in [6.45, 7) is 0.955. The Kier molecular flexibility index (Phi) is 6.40. The number of benzene rings is 2. The number of hydrogen-bond acceptors (Lipinski definition) is 2. The fourth-order valence-corrected chi connectivity index (χ4v) is 2.37. The van der Waals surface area contributed by atoms with Crippen LogP contribution in [0.1, 0.15) is 11.1 Å². The van der Waals surface area contributed by atoms with Gasteiger partial charge >= 0.3 is 0 Å². The molecule has 0 saturated carbocycles. The Morgan fingerprint density at radius 1 is 1.17 bits per heavy atom. The average Bonchev–Trinajstić information content (AvgIpc) is 2.56. The number of rotatable bonds is 5. The van der Waals surface area contributed by atoms with Crippen LogP contribution >= 0.6 is 15.9 Å². The van der Waals surface area contributed by atoms with Gasteiger partial charge in [-0.3, -0.25) is 4.99 Å². The standard InChI is InChI=1S/C17H19BrFN3O/c1-20-17(21-10-12-4-3-5-15(8-12)23-2)22-11-13-6-7-14(18)9-16(13)19/h3-9H,10-11H2,1-2H3,(H2,20,21,22). The summed E-state index contributed by atoms with van der Waals surface area (Å²) in [6, 6.07) is 12.8. The molecule has 0 aliphatic heterocycles. The van der Waals surface area contributed by atoms with E-state index < -0.39 is 0 Å². The normalized spacial score (nSPS) is 11.2. The molecule has 6 heteroatoms. The number of ether oxygens (including phenoxy) is 1. The van der Waals surface area contributed by atoms with E-state index in [2.05, 4.69) is 31.6 Å². The van der Waals surface area contributed by atoms with Gasteiger partial charge in [0.25, 0.3) is 0 Å². The van der Waals surface area contributed by atoms with Crippen LogP contribution in [0.4, 0.5) is 4.39 Å². The lowest BCUT2D eigenvalue weighted by Crippen LogP contribution is -2.36. The Labute approximate surface area is 143 Å². The number of nitrogens with zero attached hydrogens (tertiary/aromatic N) is 1. The van der Waals surface area contributed by atoms with Crippen LogP contribution in [0.5, 0.6) is 5.75 Å². The largest absolute Gasteiger partial charge is 0.497 e. The van der Waals surface area contributed by atoms with E-state index in [0.717, 1.165) is 15.8 Å². The number of nitrogens with one attached hydrogen (secondary N) is 2. The first-order chi connectivity index (χ1) is 11.1. The molecule has 0 bridgehead atoms. The maximum absolute atomic E-state index is 13.8. The lowest BCUT2D eigenvalue weighted by atomic mass is 10.2. The van der Waals surface area contributed by atoms with Gasteiger partial charge in [-0.2, -0.15) is 0 Å². The predicted molar refractivity (Wildman–Crippen MR) is 94.1 cm³/mol. The minimum Gasteiger partial charge on any atom is -0.497 e. The van der Waals surface area contributed by atoms with Crippen LogP contribution in [0, 0.1) is 5.82 Å². The molecule has 0 spiro atoms. The lowest BCUT2D eigenvalue weighted by Gasteiger charge is -2.13. The van der Waals surface area contributed by atoms with Crippen molar-refractivity contribution in [3.63, 3.8) is 0 Å². The highest BCUT2D eigenvalue weighted by atomic mass is 79.9. The number of halogens is 2. The molecule has 122 valence electrons. The highest BCUT2D eigenvalue weighted by molar-refractivity contribution is 9.10. The Morgan fingerprint density at radius 2 is 1.96 bits per heavy atom. The topological polar surface area (TPSA) is 45.7 Å². The average molecular weight is 380 g/mol. The molecule has 0 heterocycles. The smallest absolute Gasteiger partial charge is 0.191 e. The summed E-state index contributed by atoms with van der Waals surface area (Å²) in [7, 11) is 3.32.